The molecule has 0 aromatic carbocycles. The molecule has 1 saturated heterocycles. The number of rotatable bonds is 3. The minimum absolute atomic E-state index is 0.0312. The maximum atomic E-state index is 11.8. The van der Waals surface area contributed by atoms with E-state index in [9.17, 15) is 9.59 Å². The largest absolute Gasteiger partial charge is 0.353 e. The van der Waals surface area contributed by atoms with Crippen LogP contribution in [-0.4, -0.2) is 41.3 Å². The predicted octanol–water partition coefficient (Wildman–Crippen LogP) is -0.0274. The van der Waals surface area contributed by atoms with Crippen molar-refractivity contribution in [2.45, 2.75) is 12.8 Å². The maximum Gasteiger partial charge on any atom is 0.239 e. The summed E-state index contributed by atoms with van der Waals surface area (Å²) in [5.41, 5.74) is 1.04. The molecule has 1 aliphatic heterocycles. The smallest absolute Gasteiger partial charge is 0.239 e. The third kappa shape index (κ3) is 3.27. The number of carbonyl (C=O) groups is 2. The molecular weight excluding hydrogens is 218 g/mol. The van der Waals surface area contributed by atoms with E-state index in [1.54, 1.807) is 17.3 Å². The molecule has 0 aliphatic carbocycles. The summed E-state index contributed by atoms with van der Waals surface area (Å²) < 4.78 is 0. The fourth-order valence-corrected chi connectivity index (χ4v) is 1.81. The van der Waals surface area contributed by atoms with Crippen LogP contribution >= 0.6 is 0 Å². The van der Waals surface area contributed by atoms with Gasteiger partial charge in [0.05, 0.1) is 6.54 Å². The number of nitrogens with zero attached hydrogens (tertiary/aromatic N) is 2. The van der Waals surface area contributed by atoms with E-state index in [1.165, 1.54) is 0 Å². The SMILES string of the molecule is O=C1CN(C(=O)CCc2cccnc2)CCN1. The molecule has 0 spiro atoms. The standard InChI is InChI=1S/C12H15N3O2/c16-11-9-15(7-6-14-11)12(17)4-3-10-2-1-5-13-8-10/h1-2,5,8H,3-4,6-7,9H2,(H,14,16). The van der Waals surface area contributed by atoms with Gasteiger partial charge < -0.3 is 10.2 Å². The first-order valence-corrected chi connectivity index (χ1v) is 5.69. The molecule has 2 rings (SSSR count). The minimum Gasteiger partial charge on any atom is -0.353 e. The molecule has 5 heteroatoms. The lowest BCUT2D eigenvalue weighted by atomic mass is 10.1. The molecule has 17 heavy (non-hydrogen) atoms. The van der Waals surface area contributed by atoms with Crippen molar-refractivity contribution in [1.82, 2.24) is 15.2 Å². The zero-order valence-corrected chi connectivity index (χ0v) is 9.56. The van der Waals surface area contributed by atoms with Crippen molar-refractivity contribution < 1.29 is 9.59 Å². The number of aromatic nitrogens is 1. The van der Waals surface area contributed by atoms with Gasteiger partial charge in [-0.05, 0) is 18.1 Å². The first-order chi connectivity index (χ1) is 8.25. The molecule has 2 amide bonds. The second-order valence-electron chi connectivity index (χ2n) is 4.03. The average Bonchev–Trinajstić information content (AvgIpc) is 2.37. The van der Waals surface area contributed by atoms with E-state index >= 15 is 0 Å². The number of hydrogen-bond donors (Lipinski definition) is 1. The van der Waals surface area contributed by atoms with Crippen LogP contribution in [0.4, 0.5) is 0 Å². The summed E-state index contributed by atoms with van der Waals surface area (Å²) in [6.07, 6.45) is 4.57. The highest BCUT2D eigenvalue weighted by Crippen LogP contribution is 2.04. The van der Waals surface area contributed by atoms with Crippen LogP contribution in [0.1, 0.15) is 12.0 Å². The van der Waals surface area contributed by atoms with Crippen LogP contribution in [0, 0.1) is 0 Å². The third-order valence-corrected chi connectivity index (χ3v) is 2.74. The van der Waals surface area contributed by atoms with Gasteiger partial charge in [-0.2, -0.15) is 0 Å². The quantitative estimate of drug-likeness (QED) is 0.797. The van der Waals surface area contributed by atoms with Crippen molar-refractivity contribution in [3.05, 3.63) is 30.1 Å². The molecule has 1 aromatic heterocycles. The van der Waals surface area contributed by atoms with E-state index in [-0.39, 0.29) is 18.4 Å². The Labute approximate surface area is 99.8 Å². The lowest BCUT2D eigenvalue weighted by Crippen LogP contribution is -2.50. The van der Waals surface area contributed by atoms with E-state index in [4.69, 9.17) is 0 Å². The summed E-state index contributed by atoms with van der Waals surface area (Å²) in [7, 11) is 0. The number of piperazine rings is 1. The van der Waals surface area contributed by atoms with Crippen LogP contribution < -0.4 is 5.32 Å². The fourth-order valence-electron chi connectivity index (χ4n) is 1.81. The van der Waals surface area contributed by atoms with Crippen molar-refractivity contribution in [3.8, 4) is 0 Å². The van der Waals surface area contributed by atoms with Crippen LogP contribution in [0.25, 0.3) is 0 Å². The highest BCUT2D eigenvalue weighted by atomic mass is 16.2. The van der Waals surface area contributed by atoms with Gasteiger partial charge in [-0.1, -0.05) is 6.07 Å². The Kier molecular flexibility index (Phi) is 3.69. The van der Waals surface area contributed by atoms with Gasteiger partial charge in [-0.25, -0.2) is 0 Å². The summed E-state index contributed by atoms with van der Waals surface area (Å²) >= 11 is 0. The fraction of sp³-hybridized carbons (Fsp3) is 0.417. The van der Waals surface area contributed by atoms with Gasteiger partial charge in [-0.3, -0.25) is 14.6 Å². The highest BCUT2D eigenvalue weighted by Gasteiger charge is 2.20. The highest BCUT2D eigenvalue weighted by molar-refractivity contribution is 5.85. The molecule has 0 atom stereocenters. The van der Waals surface area contributed by atoms with Crippen molar-refractivity contribution in [3.63, 3.8) is 0 Å². The van der Waals surface area contributed by atoms with E-state index in [2.05, 4.69) is 10.3 Å². The predicted molar refractivity (Wildman–Crippen MR) is 62.1 cm³/mol. The van der Waals surface area contributed by atoms with Crippen LogP contribution in [0.2, 0.25) is 0 Å². The third-order valence-electron chi connectivity index (χ3n) is 2.74. The molecular formula is C12H15N3O2. The second-order valence-corrected chi connectivity index (χ2v) is 4.03. The van der Waals surface area contributed by atoms with Crippen LogP contribution in [-0.2, 0) is 16.0 Å². The average molecular weight is 233 g/mol. The number of pyridine rings is 1. The molecule has 0 bridgehead atoms. The summed E-state index contributed by atoms with van der Waals surface area (Å²) in [6, 6.07) is 3.80. The van der Waals surface area contributed by atoms with Gasteiger partial charge in [0.15, 0.2) is 0 Å². The van der Waals surface area contributed by atoms with Crippen molar-refractivity contribution in [2.24, 2.45) is 0 Å². The number of aryl methyl sites for hydroxylation is 1. The molecule has 90 valence electrons. The maximum absolute atomic E-state index is 11.8. The number of carbonyl (C=O) groups excluding carboxylic acids is 2. The molecule has 1 aliphatic rings. The monoisotopic (exact) mass is 233 g/mol. The van der Waals surface area contributed by atoms with Gasteiger partial charge >= 0.3 is 0 Å². The molecule has 2 heterocycles. The lowest BCUT2D eigenvalue weighted by Gasteiger charge is -2.26. The second kappa shape index (κ2) is 5.43. The molecule has 0 radical (unpaired) electrons. The molecule has 1 aromatic rings. The van der Waals surface area contributed by atoms with Crippen molar-refractivity contribution in [2.75, 3.05) is 19.6 Å². The Morgan fingerprint density at radius 3 is 3.12 bits per heavy atom. The first-order valence-electron chi connectivity index (χ1n) is 5.69. The number of nitrogens with one attached hydrogen (secondary N) is 1. The van der Waals surface area contributed by atoms with Crippen LogP contribution in [0.5, 0.6) is 0 Å². The zero-order chi connectivity index (χ0) is 12.1. The normalized spacial score (nSPS) is 15.5. The Balaban J connectivity index is 1.83. The van der Waals surface area contributed by atoms with Gasteiger partial charge in [-0.15, -0.1) is 0 Å². The first kappa shape index (κ1) is 11.6. The Bertz CT molecular complexity index is 405. The molecule has 1 N–H and O–H groups in total. The zero-order valence-electron chi connectivity index (χ0n) is 9.56. The Morgan fingerprint density at radius 2 is 2.41 bits per heavy atom. The number of amides is 2. The molecule has 0 unspecified atom stereocenters. The van der Waals surface area contributed by atoms with E-state index in [0.717, 1.165) is 5.56 Å². The Hall–Kier alpha value is -1.91. The summed E-state index contributed by atoms with van der Waals surface area (Å²) in [5, 5.41) is 2.70. The Morgan fingerprint density at radius 1 is 1.53 bits per heavy atom. The minimum atomic E-state index is -0.0778. The topological polar surface area (TPSA) is 62.3 Å². The van der Waals surface area contributed by atoms with E-state index in [0.29, 0.717) is 25.9 Å². The summed E-state index contributed by atoms with van der Waals surface area (Å²) in [6.45, 7) is 1.35. The molecule has 5 nitrogen and oxygen atoms in total. The van der Waals surface area contributed by atoms with Gasteiger partial charge in [0, 0.05) is 31.9 Å². The van der Waals surface area contributed by atoms with Crippen LogP contribution in [0.15, 0.2) is 24.5 Å². The van der Waals surface area contributed by atoms with Gasteiger partial charge in [0.25, 0.3) is 0 Å². The van der Waals surface area contributed by atoms with Gasteiger partial charge in [0.2, 0.25) is 11.8 Å². The van der Waals surface area contributed by atoms with E-state index in [1.807, 2.05) is 12.1 Å². The summed E-state index contributed by atoms with van der Waals surface area (Å²) in [5.74, 6) is -0.0466. The van der Waals surface area contributed by atoms with Gasteiger partial charge in [0.1, 0.15) is 0 Å². The van der Waals surface area contributed by atoms with Crippen LogP contribution in [0.3, 0.4) is 0 Å². The van der Waals surface area contributed by atoms with Crippen molar-refractivity contribution in [1.29, 1.82) is 0 Å². The van der Waals surface area contributed by atoms with Crippen molar-refractivity contribution >= 4 is 11.8 Å². The summed E-state index contributed by atoms with van der Waals surface area (Å²) in [4.78, 5) is 28.6. The lowest BCUT2D eigenvalue weighted by molar-refractivity contribution is -0.138. The molecule has 0 saturated carbocycles. The molecule has 1 fully saturated rings. The van der Waals surface area contributed by atoms with E-state index < -0.39 is 0 Å². The number of hydrogen-bond acceptors (Lipinski definition) is 3.